The molecule has 0 aliphatic heterocycles. The van der Waals surface area contributed by atoms with Crippen LogP contribution in [0.15, 0.2) is 6.20 Å². The van der Waals surface area contributed by atoms with Crippen molar-refractivity contribution in [3.63, 3.8) is 0 Å². The van der Waals surface area contributed by atoms with Crippen LogP contribution in [0.25, 0.3) is 0 Å². The van der Waals surface area contributed by atoms with Gasteiger partial charge < -0.3 is 15.7 Å². The molecule has 5 rings (SSSR count). The van der Waals surface area contributed by atoms with Crippen LogP contribution in [0.1, 0.15) is 48.9 Å². The third-order valence-corrected chi connectivity index (χ3v) is 6.00. The number of nitrogens with one attached hydrogen (secondary N) is 2. The molecule has 4 fully saturated rings. The molecule has 0 saturated heterocycles. The maximum Gasteiger partial charge on any atom is 0.257 e. The molecule has 4 saturated carbocycles. The second-order valence-electron chi connectivity index (χ2n) is 7.83. The number of carbonyl (C=O) groups excluding carboxylic acids is 1. The smallest absolute Gasteiger partial charge is 0.257 e. The summed E-state index contributed by atoms with van der Waals surface area (Å²) < 4.78 is 1.66. The van der Waals surface area contributed by atoms with E-state index in [-0.39, 0.29) is 18.1 Å². The van der Waals surface area contributed by atoms with E-state index in [1.807, 2.05) is 0 Å². The molecule has 0 radical (unpaired) electrons. The summed E-state index contributed by atoms with van der Waals surface area (Å²) in [5.41, 5.74) is 0.590. The molecule has 23 heavy (non-hydrogen) atoms. The van der Waals surface area contributed by atoms with E-state index >= 15 is 0 Å². The molecule has 0 aromatic carbocycles. The Kier molecular flexibility index (Phi) is 3.59. The lowest BCUT2D eigenvalue weighted by Crippen LogP contribution is -2.59. The lowest BCUT2D eigenvalue weighted by molar-refractivity contribution is -0.0166. The quantitative estimate of drug-likeness (QED) is 0.769. The fourth-order valence-corrected chi connectivity index (χ4v) is 5.56. The van der Waals surface area contributed by atoms with Gasteiger partial charge >= 0.3 is 0 Å². The van der Waals surface area contributed by atoms with Gasteiger partial charge in [-0.1, -0.05) is 0 Å². The third-order valence-electron chi connectivity index (χ3n) is 6.00. The zero-order chi connectivity index (χ0) is 16.0. The average Bonchev–Trinajstić information content (AvgIpc) is 2.84. The number of aliphatic hydroxyl groups is 1. The Morgan fingerprint density at radius 3 is 2.48 bits per heavy atom. The number of aromatic nitrogens is 2. The van der Waals surface area contributed by atoms with Crippen LogP contribution < -0.4 is 10.6 Å². The van der Waals surface area contributed by atoms with Gasteiger partial charge in [0.1, 0.15) is 11.4 Å². The summed E-state index contributed by atoms with van der Waals surface area (Å²) in [5, 5.41) is 19.7. The molecule has 6 nitrogen and oxygen atoms in total. The number of aryl methyl sites for hydroxylation is 1. The van der Waals surface area contributed by atoms with E-state index in [9.17, 15) is 4.79 Å². The van der Waals surface area contributed by atoms with E-state index < -0.39 is 0 Å². The largest absolute Gasteiger partial charge is 0.395 e. The summed E-state index contributed by atoms with van der Waals surface area (Å²) in [4.78, 5) is 12.9. The summed E-state index contributed by atoms with van der Waals surface area (Å²) in [6, 6.07) is 0. The lowest BCUT2D eigenvalue weighted by Gasteiger charge is -2.56. The van der Waals surface area contributed by atoms with Crippen molar-refractivity contribution in [3.8, 4) is 0 Å². The number of hydrogen-bond donors (Lipinski definition) is 3. The van der Waals surface area contributed by atoms with Gasteiger partial charge in [-0.05, 0) is 56.3 Å². The van der Waals surface area contributed by atoms with Gasteiger partial charge in [-0.2, -0.15) is 5.10 Å². The normalized spacial score (nSPS) is 34.6. The van der Waals surface area contributed by atoms with Gasteiger partial charge in [-0.3, -0.25) is 9.48 Å². The Morgan fingerprint density at radius 2 is 1.91 bits per heavy atom. The first-order chi connectivity index (χ1) is 11.1. The maximum atomic E-state index is 12.9. The van der Waals surface area contributed by atoms with Crippen molar-refractivity contribution in [2.24, 2.45) is 24.8 Å². The van der Waals surface area contributed by atoms with E-state index in [1.54, 1.807) is 17.9 Å². The Hall–Kier alpha value is -1.56. The van der Waals surface area contributed by atoms with Gasteiger partial charge in [0.2, 0.25) is 0 Å². The molecule has 0 spiro atoms. The highest BCUT2D eigenvalue weighted by Crippen LogP contribution is 2.55. The number of carbonyl (C=O) groups is 1. The molecule has 1 aromatic rings. The number of amides is 1. The Bertz CT molecular complexity index is 574. The molecule has 1 amide bonds. The molecule has 6 heteroatoms. The standard InChI is InChI=1S/C17H26N4O2/c1-21-15(18-2-3-22)14(10-19-21)16(23)20-17-7-11-4-12(8-17)6-13(5-11)9-17/h10-13,18,22H,2-9H2,1H3,(H,20,23). The number of nitrogens with zero attached hydrogens (tertiary/aromatic N) is 2. The second kappa shape index (κ2) is 5.51. The molecule has 4 bridgehead atoms. The van der Waals surface area contributed by atoms with Crippen molar-refractivity contribution >= 4 is 11.7 Å². The number of hydrogen-bond acceptors (Lipinski definition) is 4. The van der Waals surface area contributed by atoms with E-state index in [0.717, 1.165) is 37.0 Å². The summed E-state index contributed by atoms with van der Waals surface area (Å²) in [6.07, 6.45) is 9.15. The van der Waals surface area contributed by atoms with Gasteiger partial charge in [-0.15, -0.1) is 0 Å². The van der Waals surface area contributed by atoms with Crippen LogP contribution in [-0.2, 0) is 7.05 Å². The van der Waals surface area contributed by atoms with Gasteiger partial charge in [0, 0.05) is 19.1 Å². The van der Waals surface area contributed by atoms with Crippen LogP contribution in [0.3, 0.4) is 0 Å². The van der Waals surface area contributed by atoms with E-state index in [0.29, 0.717) is 17.9 Å². The van der Waals surface area contributed by atoms with Crippen molar-refractivity contribution in [1.82, 2.24) is 15.1 Å². The Labute approximate surface area is 136 Å². The minimum Gasteiger partial charge on any atom is -0.395 e. The van der Waals surface area contributed by atoms with Gasteiger partial charge in [-0.25, -0.2) is 0 Å². The molecule has 1 heterocycles. The lowest BCUT2D eigenvalue weighted by atomic mass is 9.53. The highest BCUT2D eigenvalue weighted by molar-refractivity contribution is 5.99. The maximum absolute atomic E-state index is 12.9. The summed E-state index contributed by atoms with van der Waals surface area (Å²) in [6.45, 7) is 0.443. The molecule has 3 N–H and O–H groups in total. The topological polar surface area (TPSA) is 79.2 Å². The molecule has 126 valence electrons. The molecular formula is C17H26N4O2. The number of rotatable bonds is 5. The molecular weight excluding hydrogens is 292 g/mol. The van der Waals surface area contributed by atoms with E-state index in [1.165, 1.54) is 19.3 Å². The first-order valence-corrected chi connectivity index (χ1v) is 8.78. The van der Waals surface area contributed by atoms with E-state index in [2.05, 4.69) is 15.7 Å². The number of aliphatic hydroxyl groups excluding tert-OH is 1. The van der Waals surface area contributed by atoms with Gasteiger partial charge in [0.25, 0.3) is 5.91 Å². The van der Waals surface area contributed by atoms with Crippen molar-refractivity contribution in [2.75, 3.05) is 18.5 Å². The second-order valence-corrected chi connectivity index (χ2v) is 7.83. The zero-order valence-electron chi connectivity index (χ0n) is 13.7. The third kappa shape index (κ3) is 2.63. The number of anilines is 1. The molecule has 0 unspecified atom stereocenters. The van der Waals surface area contributed by atoms with Crippen molar-refractivity contribution < 1.29 is 9.90 Å². The molecule has 4 aliphatic carbocycles. The van der Waals surface area contributed by atoms with Crippen molar-refractivity contribution in [3.05, 3.63) is 11.8 Å². The fourth-order valence-electron chi connectivity index (χ4n) is 5.56. The SMILES string of the molecule is Cn1ncc(C(=O)NC23CC4CC(CC(C4)C2)C3)c1NCCO. The van der Waals surface area contributed by atoms with E-state index in [4.69, 9.17) is 5.11 Å². The summed E-state index contributed by atoms with van der Waals surface area (Å²) >= 11 is 0. The van der Waals surface area contributed by atoms with Crippen molar-refractivity contribution in [1.29, 1.82) is 0 Å². The fraction of sp³-hybridized carbons (Fsp3) is 0.765. The highest BCUT2D eigenvalue weighted by atomic mass is 16.3. The van der Waals surface area contributed by atoms with Crippen LogP contribution in [0.2, 0.25) is 0 Å². The average molecular weight is 318 g/mol. The predicted octanol–water partition coefficient (Wildman–Crippen LogP) is 1.52. The predicted molar refractivity (Wildman–Crippen MR) is 87.2 cm³/mol. The van der Waals surface area contributed by atoms with Gasteiger partial charge in [0.05, 0.1) is 12.8 Å². The first kappa shape index (κ1) is 15.0. The zero-order valence-corrected chi connectivity index (χ0v) is 13.7. The molecule has 0 atom stereocenters. The highest BCUT2D eigenvalue weighted by Gasteiger charge is 2.51. The molecule has 1 aromatic heterocycles. The van der Waals surface area contributed by atoms with Crippen LogP contribution in [0.4, 0.5) is 5.82 Å². The van der Waals surface area contributed by atoms with Crippen LogP contribution in [-0.4, -0.2) is 39.5 Å². The minimum absolute atomic E-state index is 0.00984. The van der Waals surface area contributed by atoms with Crippen LogP contribution in [0, 0.1) is 17.8 Å². The van der Waals surface area contributed by atoms with Crippen LogP contribution >= 0.6 is 0 Å². The van der Waals surface area contributed by atoms with Gasteiger partial charge in [0.15, 0.2) is 0 Å². The Morgan fingerprint density at radius 1 is 1.30 bits per heavy atom. The first-order valence-electron chi connectivity index (χ1n) is 8.78. The minimum atomic E-state index is -0.0273. The molecule has 4 aliphatic rings. The van der Waals surface area contributed by atoms with Crippen molar-refractivity contribution in [2.45, 2.75) is 44.1 Å². The monoisotopic (exact) mass is 318 g/mol. The Balaban J connectivity index is 1.52. The van der Waals surface area contributed by atoms with Crippen LogP contribution in [0.5, 0.6) is 0 Å². The summed E-state index contributed by atoms with van der Waals surface area (Å²) in [5.74, 6) is 3.08. The summed E-state index contributed by atoms with van der Waals surface area (Å²) in [7, 11) is 1.81.